The maximum Gasteiger partial charge on any atom is 0.0406 e. The molecule has 0 amide bonds. The predicted molar refractivity (Wildman–Crippen MR) is 77.8 cm³/mol. The number of rotatable bonds is 2. The lowest BCUT2D eigenvalue weighted by Gasteiger charge is -2.44. The van der Waals surface area contributed by atoms with E-state index in [4.69, 9.17) is 17.3 Å². The number of likely N-dealkylation sites (tertiary alicyclic amines) is 1. The monoisotopic (exact) mass is 266 g/mol. The summed E-state index contributed by atoms with van der Waals surface area (Å²) in [5.41, 5.74) is 7.47. The van der Waals surface area contributed by atoms with E-state index in [2.05, 4.69) is 37.8 Å². The summed E-state index contributed by atoms with van der Waals surface area (Å²) >= 11 is 5.94. The summed E-state index contributed by atoms with van der Waals surface area (Å²) in [7, 11) is 0. The first-order valence-electron chi connectivity index (χ1n) is 6.77. The molecule has 1 saturated heterocycles. The van der Waals surface area contributed by atoms with Crippen molar-refractivity contribution in [3.8, 4) is 0 Å². The van der Waals surface area contributed by atoms with Crippen LogP contribution in [0, 0.1) is 5.92 Å². The van der Waals surface area contributed by atoms with Crippen LogP contribution in [0.4, 0.5) is 0 Å². The van der Waals surface area contributed by atoms with Gasteiger partial charge in [-0.2, -0.15) is 0 Å². The highest BCUT2D eigenvalue weighted by Crippen LogP contribution is 2.31. The molecule has 0 aromatic heterocycles. The summed E-state index contributed by atoms with van der Waals surface area (Å²) in [5.74, 6) is 0.550. The normalized spacial score (nSPS) is 31.3. The number of nitrogens with two attached hydrogens (primary N) is 1. The van der Waals surface area contributed by atoms with Crippen LogP contribution in [0.5, 0.6) is 0 Å². The third-order valence-corrected chi connectivity index (χ3v) is 4.78. The molecule has 1 aliphatic heterocycles. The summed E-state index contributed by atoms with van der Waals surface area (Å²) < 4.78 is 0. The lowest BCUT2D eigenvalue weighted by Crippen LogP contribution is -2.52. The van der Waals surface area contributed by atoms with Crippen molar-refractivity contribution in [2.75, 3.05) is 6.54 Å². The Hall–Kier alpha value is -0.570. The zero-order valence-corrected chi connectivity index (χ0v) is 12.2. The molecular weight excluding hydrogens is 244 g/mol. The molecule has 2 N–H and O–H groups in total. The van der Waals surface area contributed by atoms with E-state index < -0.39 is 0 Å². The summed E-state index contributed by atoms with van der Waals surface area (Å²) in [5, 5.41) is 0.799. The fourth-order valence-corrected chi connectivity index (χ4v) is 3.03. The van der Waals surface area contributed by atoms with Gasteiger partial charge in [-0.05, 0) is 43.9 Å². The lowest BCUT2D eigenvalue weighted by molar-refractivity contribution is 0.0627. The molecule has 0 radical (unpaired) electrons. The van der Waals surface area contributed by atoms with Crippen LogP contribution in [-0.4, -0.2) is 23.5 Å². The predicted octanol–water partition coefficient (Wildman–Crippen LogP) is 3.46. The minimum atomic E-state index is 0.341. The van der Waals surface area contributed by atoms with Crippen molar-refractivity contribution < 1.29 is 0 Å². The minimum absolute atomic E-state index is 0.341. The third kappa shape index (κ3) is 2.71. The van der Waals surface area contributed by atoms with Crippen LogP contribution in [0.1, 0.15) is 38.8 Å². The van der Waals surface area contributed by atoms with Crippen molar-refractivity contribution in [2.24, 2.45) is 11.7 Å². The molecule has 0 spiro atoms. The molecule has 4 atom stereocenters. The molecule has 1 heterocycles. The summed E-state index contributed by atoms with van der Waals surface area (Å²) in [6, 6.07) is 9.48. The maximum atomic E-state index is 6.15. The van der Waals surface area contributed by atoms with E-state index in [1.54, 1.807) is 0 Å². The summed E-state index contributed by atoms with van der Waals surface area (Å²) in [4.78, 5) is 2.55. The topological polar surface area (TPSA) is 29.3 Å². The Morgan fingerprint density at radius 3 is 2.50 bits per heavy atom. The van der Waals surface area contributed by atoms with E-state index in [0.717, 1.165) is 18.0 Å². The fraction of sp³-hybridized carbons (Fsp3) is 0.600. The first kappa shape index (κ1) is 13.9. The Kier molecular flexibility index (Phi) is 4.31. The van der Waals surface area contributed by atoms with Gasteiger partial charge in [0.25, 0.3) is 0 Å². The zero-order chi connectivity index (χ0) is 13.3. The molecule has 1 aromatic rings. The molecule has 3 heteroatoms. The van der Waals surface area contributed by atoms with Crippen LogP contribution in [-0.2, 0) is 0 Å². The molecule has 18 heavy (non-hydrogen) atoms. The van der Waals surface area contributed by atoms with E-state index in [1.165, 1.54) is 5.56 Å². The van der Waals surface area contributed by atoms with Crippen LogP contribution in [0.3, 0.4) is 0 Å². The van der Waals surface area contributed by atoms with Crippen LogP contribution in [0.2, 0.25) is 5.02 Å². The number of nitrogens with zero attached hydrogens (tertiary/aromatic N) is 1. The molecule has 2 nitrogen and oxygen atoms in total. The average molecular weight is 267 g/mol. The maximum absolute atomic E-state index is 6.15. The molecular formula is C15H23ClN2. The summed E-state index contributed by atoms with van der Waals surface area (Å²) in [6.07, 6.45) is 1.09. The number of benzene rings is 1. The van der Waals surface area contributed by atoms with E-state index >= 15 is 0 Å². The largest absolute Gasteiger partial charge is 0.327 e. The van der Waals surface area contributed by atoms with Crippen LogP contribution in [0.25, 0.3) is 0 Å². The second-order valence-corrected chi connectivity index (χ2v) is 5.95. The van der Waals surface area contributed by atoms with Crippen molar-refractivity contribution in [1.29, 1.82) is 0 Å². The second kappa shape index (κ2) is 5.60. The molecule has 1 fully saturated rings. The van der Waals surface area contributed by atoms with Crippen molar-refractivity contribution >= 4 is 11.6 Å². The van der Waals surface area contributed by atoms with Gasteiger partial charge in [-0.1, -0.05) is 30.7 Å². The Balaban J connectivity index is 2.13. The highest BCUT2D eigenvalue weighted by atomic mass is 35.5. The van der Waals surface area contributed by atoms with Gasteiger partial charge in [-0.15, -0.1) is 0 Å². The quantitative estimate of drug-likeness (QED) is 0.888. The summed E-state index contributed by atoms with van der Waals surface area (Å²) in [6.45, 7) is 7.89. The highest BCUT2D eigenvalue weighted by Gasteiger charge is 2.33. The van der Waals surface area contributed by atoms with E-state index in [0.29, 0.717) is 24.0 Å². The molecule has 0 bridgehead atoms. The van der Waals surface area contributed by atoms with Gasteiger partial charge in [-0.25, -0.2) is 0 Å². The van der Waals surface area contributed by atoms with Crippen molar-refractivity contribution in [1.82, 2.24) is 4.90 Å². The Morgan fingerprint density at radius 1 is 1.28 bits per heavy atom. The SMILES string of the molecule is CC1C(N)CCN(C(C)c2ccc(Cl)cc2)C1C. The van der Waals surface area contributed by atoms with Gasteiger partial charge in [0, 0.05) is 29.7 Å². The smallest absolute Gasteiger partial charge is 0.0406 e. The molecule has 100 valence electrons. The van der Waals surface area contributed by atoms with Crippen LogP contribution in [0.15, 0.2) is 24.3 Å². The molecule has 4 unspecified atom stereocenters. The number of halogens is 1. The minimum Gasteiger partial charge on any atom is -0.327 e. The number of piperidine rings is 1. The Labute approximate surface area is 115 Å². The van der Waals surface area contributed by atoms with Gasteiger partial charge in [-0.3, -0.25) is 4.90 Å². The number of hydrogen-bond donors (Lipinski definition) is 1. The highest BCUT2D eigenvalue weighted by molar-refractivity contribution is 6.30. The van der Waals surface area contributed by atoms with Crippen molar-refractivity contribution in [3.05, 3.63) is 34.9 Å². The second-order valence-electron chi connectivity index (χ2n) is 5.52. The zero-order valence-electron chi connectivity index (χ0n) is 11.4. The average Bonchev–Trinajstić information content (AvgIpc) is 2.36. The van der Waals surface area contributed by atoms with E-state index in [9.17, 15) is 0 Å². The first-order chi connectivity index (χ1) is 8.50. The van der Waals surface area contributed by atoms with Gasteiger partial charge < -0.3 is 5.73 Å². The molecule has 1 aliphatic rings. The molecule has 0 aliphatic carbocycles. The van der Waals surface area contributed by atoms with Gasteiger partial charge in [0.1, 0.15) is 0 Å². The van der Waals surface area contributed by atoms with Gasteiger partial charge in [0.15, 0.2) is 0 Å². The van der Waals surface area contributed by atoms with Gasteiger partial charge in [0.05, 0.1) is 0 Å². The fourth-order valence-electron chi connectivity index (χ4n) is 2.90. The third-order valence-electron chi connectivity index (χ3n) is 4.53. The first-order valence-corrected chi connectivity index (χ1v) is 7.15. The lowest BCUT2D eigenvalue weighted by atomic mass is 9.86. The molecule has 2 rings (SSSR count). The van der Waals surface area contributed by atoms with Crippen molar-refractivity contribution in [3.63, 3.8) is 0 Å². The van der Waals surface area contributed by atoms with E-state index in [1.807, 2.05) is 12.1 Å². The van der Waals surface area contributed by atoms with Gasteiger partial charge in [0.2, 0.25) is 0 Å². The standard InChI is InChI=1S/C15H23ClN2/c1-10-11(2)18(9-8-15(10)17)12(3)13-4-6-14(16)7-5-13/h4-7,10-12,15H,8-9,17H2,1-3H3. The van der Waals surface area contributed by atoms with Crippen molar-refractivity contribution in [2.45, 2.75) is 45.3 Å². The number of hydrogen-bond acceptors (Lipinski definition) is 2. The molecule has 0 saturated carbocycles. The molecule has 1 aromatic carbocycles. The van der Waals surface area contributed by atoms with Crippen LogP contribution < -0.4 is 5.73 Å². The van der Waals surface area contributed by atoms with Crippen LogP contribution >= 0.6 is 11.6 Å². The van der Waals surface area contributed by atoms with E-state index in [-0.39, 0.29) is 0 Å². The Bertz CT molecular complexity index is 390. The Morgan fingerprint density at radius 2 is 1.89 bits per heavy atom. The van der Waals surface area contributed by atoms with Gasteiger partial charge >= 0.3 is 0 Å².